The molecule has 1 fully saturated rings. The van der Waals surface area contributed by atoms with Gasteiger partial charge >= 0.3 is 0 Å². The lowest BCUT2D eigenvalue weighted by Gasteiger charge is -2.27. The highest BCUT2D eigenvalue weighted by molar-refractivity contribution is 9.10. The standard InChI is InChI=1S/C14H22BrN3O/c1-17(2)8-11-6-12(19)9-18(11)7-10-4-3-5-13(16)14(10)15/h3-5,11-12,19H,6-9,16H2,1-2H3. The van der Waals surface area contributed by atoms with Crippen molar-refractivity contribution in [3.63, 3.8) is 0 Å². The van der Waals surface area contributed by atoms with Crippen molar-refractivity contribution in [2.24, 2.45) is 0 Å². The van der Waals surface area contributed by atoms with Crippen LogP contribution < -0.4 is 5.73 Å². The molecule has 0 radical (unpaired) electrons. The fourth-order valence-electron chi connectivity index (χ4n) is 2.70. The molecule has 5 heteroatoms. The molecule has 0 bridgehead atoms. The fourth-order valence-corrected chi connectivity index (χ4v) is 3.09. The highest BCUT2D eigenvalue weighted by Gasteiger charge is 2.31. The average molecular weight is 328 g/mol. The van der Waals surface area contributed by atoms with Gasteiger partial charge in [0.1, 0.15) is 0 Å². The third-order valence-corrected chi connectivity index (χ3v) is 4.53. The van der Waals surface area contributed by atoms with E-state index in [0.29, 0.717) is 6.04 Å². The summed E-state index contributed by atoms with van der Waals surface area (Å²) in [6.07, 6.45) is 0.628. The number of aliphatic hydroxyl groups excluding tert-OH is 1. The molecule has 0 aromatic heterocycles. The second-order valence-electron chi connectivity index (χ2n) is 5.56. The van der Waals surface area contributed by atoms with Crippen LogP contribution in [0.2, 0.25) is 0 Å². The van der Waals surface area contributed by atoms with E-state index in [1.54, 1.807) is 0 Å². The molecule has 2 rings (SSSR count). The van der Waals surface area contributed by atoms with Crippen molar-refractivity contribution in [3.8, 4) is 0 Å². The number of nitrogens with zero attached hydrogens (tertiary/aromatic N) is 2. The third-order valence-electron chi connectivity index (χ3n) is 3.56. The quantitative estimate of drug-likeness (QED) is 0.823. The minimum Gasteiger partial charge on any atom is -0.398 e. The van der Waals surface area contributed by atoms with Crippen LogP contribution in [-0.4, -0.2) is 54.2 Å². The molecule has 1 saturated heterocycles. The maximum atomic E-state index is 9.89. The van der Waals surface area contributed by atoms with Gasteiger partial charge in [-0.05, 0) is 48.1 Å². The van der Waals surface area contributed by atoms with Gasteiger partial charge in [0, 0.05) is 35.8 Å². The highest BCUT2D eigenvalue weighted by atomic mass is 79.9. The molecule has 1 aromatic carbocycles. The summed E-state index contributed by atoms with van der Waals surface area (Å²) < 4.78 is 0.972. The Kier molecular flexibility index (Phi) is 4.84. The van der Waals surface area contributed by atoms with E-state index >= 15 is 0 Å². The Morgan fingerprint density at radius 1 is 1.47 bits per heavy atom. The van der Waals surface area contributed by atoms with Crippen molar-refractivity contribution >= 4 is 21.6 Å². The Morgan fingerprint density at radius 3 is 2.89 bits per heavy atom. The first-order valence-electron chi connectivity index (χ1n) is 6.57. The Hall–Kier alpha value is -0.620. The van der Waals surface area contributed by atoms with Crippen LogP contribution in [0.1, 0.15) is 12.0 Å². The number of halogens is 1. The summed E-state index contributed by atoms with van der Waals surface area (Å²) in [7, 11) is 4.14. The summed E-state index contributed by atoms with van der Waals surface area (Å²) in [6, 6.07) is 6.35. The summed E-state index contributed by atoms with van der Waals surface area (Å²) in [5.74, 6) is 0. The molecule has 1 heterocycles. The number of nitrogens with two attached hydrogens (primary N) is 1. The Labute approximate surface area is 123 Å². The van der Waals surface area contributed by atoms with Gasteiger partial charge in [-0.15, -0.1) is 0 Å². The lowest BCUT2D eigenvalue weighted by atomic mass is 10.1. The van der Waals surface area contributed by atoms with Gasteiger partial charge in [-0.3, -0.25) is 4.90 Å². The summed E-state index contributed by atoms with van der Waals surface area (Å²) in [4.78, 5) is 4.51. The lowest BCUT2D eigenvalue weighted by Crippen LogP contribution is -2.37. The lowest BCUT2D eigenvalue weighted by molar-refractivity contribution is 0.169. The molecular formula is C14H22BrN3O. The Bertz CT molecular complexity index is 439. The number of aliphatic hydroxyl groups is 1. The largest absolute Gasteiger partial charge is 0.398 e. The SMILES string of the molecule is CN(C)CC1CC(O)CN1Cc1cccc(N)c1Br. The van der Waals surface area contributed by atoms with Gasteiger partial charge in [0.05, 0.1) is 6.10 Å². The Balaban J connectivity index is 2.10. The van der Waals surface area contributed by atoms with Crippen molar-refractivity contribution < 1.29 is 5.11 Å². The molecule has 0 saturated carbocycles. The number of benzene rings is 1. The zero-order valence-corrected chi connectivity index (χ0v) is 13.1. The second-order valence-corrected chi connectivity index (χ2v) is 6.35. The molecule has 19 heavy (non-hydrogen) atoms. The van der Waals surface area contributed by atoms with E-state index < -0.39 is 0 Å². The molecule has 2 atom stereocenters. The topological polar surface area (TPSA) is 52.7 Å². The molecule has 1 aromatic rings. The van der Waals surface area contributed by atoms with Gasteiger partial charge in [-0.2, -0.15) is 0 Å². The van der Waals surface area contributed by atoms with Gasteiger partial charge in [0.2, 0.25) is 0 Å². The van der Waals surface area contributed by atoms with Crippen LogP contribution in [0.3, 0.4) is 0 Å². The van der Waals surface area contributed by atoms with Crippen LogP contribution in [0.5, 0.6) is 0 Å². The van der Waals surface area contributed by atoms with Crippen molar-refractivity contribution in [1.82, 2.24) is 9.80 Å². The smallest absolute Gasteiger partial charge is 0.0682 e. The first-order chi connectivity index (χ1) is 8.97. The molecule has 1 aliphatic rings. The summed E-state index contributed by atoms with van der Waals surface area (Å²) in [5.41, 5.74) is 7.86. The predicted octanol–water partition coefficient (Wildman–Crippen LogP) is 1.53. The van der Waals surface area contributed by atoms with Gasteiger partial charge in [-0.25, -0.2) is 0 Å². The van der Waals surface area contributed by atoms with E-state index in [1.807, 2.05) is 12.1 Å². The van der Waals surface area contributed by atoms with E-state index in [0.717, 1.165) is 36.2 Å². The number of likely N-dealkylation sites (N-methyl/N-ethyl adjacent to an activating group) is 1. The number of hydrogen-bond donors (Lipinski definition) is 2. The normalized spacial score (nSPS) is 24.3. The van der Waals surface area contributed by atoms with Crippen molar-refractivity contribution in [3.05, 3.63) is 28.2 Å². The average Bonchev–Trinajstić information content (AvgIpc) is 2.64. The highest BCUT2D eigenvalue weighted by Crippen LogP contribution is 2.28. The van der Waals surface area contributed by atoms with Crippen molar-refractivity contribution in [1.29, 1.82) is 0 Å². The van der Waals surface area contributed by atoms with E-state index in [9.17, 15) is 5.11 Å². The molecule has 1 aliphatic heterocycles. The zero-order chi connectivity index (χ0) is 14.0. The molecule has 4 nitrogen and oxygen atoms in total. The number of β-amino-alcohol motifs (C(OH)–C–C–N with tert-alkyl or cyclic N) is 1. The molecule has 2 unspecified atom stereocenters. The number of anilines is 1. The van der Waals surface area contributed by atoms with Crippen molar-refractivity contribution in [2.75, 3.05) is 32.9 Å². The molecular weight excluding hydrogens is 306 g/mol. The van der Waals surface area contributed by atoms with E-state index in [2.05, 4.69) is 45.9 Å². The minimum absolute atomic E-state index is 0.218. The second kappa shape index (κ2) is 6.22. The first-order valence-corrected chi connectivity index (χ1v) is 7.36. The van der Waals surface area contributed by atoms with Gasteiger partial charge in [-0.1, -0.05) is 12.1 Å². The summed E-state index contributed by atoms with van der Waals surface area (Å²) >= 11 is 3.55. The van der Waals surface area contributed by atoms with E-state index in [4.69, 9.17) is 5.73 Å². The van der Waals surface area contributed by atoms with E-state index in [1.165, 1.54) is 5.56 Å². The maximum Gasteiger partial charge on any atom is 0.0682 e. The van der Waals surface area contributed by atoms with Crippen molar-refractivity contribution in [2.45, 2.75) is 25.1 Å². The van der Waals surface area contributed by atoms with Gasteiger partial charge in [0.25, 0.3) is 0 Å². The van der Waals surface area contributed by atoms with Crippen LogP contribution in [0.15, 0.2) is 22.7 Å². The van der Waals surface area contributed by atoms with Gasteiger partial charge < -0.3 is 15.7 Å². The van der Waals surface area contributed by atoms with Gasteiger partial charge in [0.15, 0.2) is 0 Å². The number of rotatable bonds is 4. The summed E-state index contributed by atoms with van der Waals surface area (Å²) in [6.45, 7) is 2.53. The van der Waals surface area contributed by atoms with Crippen LogP contribution >= 0.6 is 15.9 Å². The van der Waals surface area contributed by atoms with Crippen LogP contribution in [0.4, 0.5) is 5.69 Å². The van der Waals surface area contributed by atoms with Crippen LogP contribution in [0.25, 0.3) is 0 Å². The Morgan fingerprint density at radius 2 is 2.21 bits per heavy atom. The molecule has 0 spiro atoms. The van der Waals surface area contributed by atoms with Crippen LogP contribution in [-0.2, 0) is 6.54 Å². The molecule has 0 aliphatic carbocycles. The molecule has 0 amide bonds. The monoisotopic (exact) mass is 327 g/mol. The number of nitrogen functional groups attached to an aromatic ring is 1. The molecule has 106 valence electrons. The third kappa shape index (κ3) is 3.69. The molecule has 3 N–H and O–H groups in total. The number of likely N-dealkylation sites (tertiary alicyclic amines) is 1. The minimum atomic E-state index is -0.218. The van der Waals surface area contributed by atoms with E-state index in [-0.39, 0.29) is 6.10 Å². The predicted molar refractivity (Wildman–Crippen MR) is 81.9 cm³/mol. The fraction of sp³-hybridized carbons (Fsp3) is 0.571. The zero-order valence-electron chi connectivity index (χ0n) is 11.5. The number of hydrogen-bond acceptors (Lipinski definition) is 4. The summed E-state index contributed by atoms with van der Waals surface area (Å²) in [5, 5.41) is 9.89. The maximum absolute atomic E-state index is 9.89. The van der Waals surface area contributed by atoms with Crippen LogP contribution in [0, 0.1) is 0 Å². The first kappa shape index (κ1) is 14.8.